The van der Waals surface area contributed by atoms with E-state index in [1.165, 1.54) is 5.56 Å². The van der Waals surface area contributed by atoms with Gasteiger partial charge in [-0.15, -0.1) is 11.3 Å². The number of aryl methyl sites for hydroxylation is 2. The van der Waals surface area contributed by atoms with Crippen LogP contribution in [0.5, 0.6) is 5.75 Å². The molecule has 4 aromatic heterocycles. The summed E-state index contributed by atoms with van der Waals surface area (Å²) in [5, 5.41) is 28.5. The van der Waals surface area contributed by atoms with Crippen LogP contribution in [0.2, 0.25) is 5.02 Å². The van der Waals surface area contributed by atoms with Gasteiger partial charge in [-0.3, -0.25) is 9.67 Å². The maximum absolute atomic E-state index is 9.82. The zero-order valence-electron chi connectivity index (χ0n) is 19.6. The van der Waals surface area contributed by atoms with E-state index in [1.54, 1.807) is 28.5 Å². The lowest BCUT2D eigenvalue weighted by Crippen LogP contribution is -2.20. The van der Waals surface area contributed by atoms with Crippen LogP contribution < -0.4 is 10.1 Å². The number of aliphatic hydroxyl groups excluding tert-OH is 2. The van der Waals surface area contributed by atoms with Gasteiger partial charge in [-0.2, -0.15) is 5.10 Å². The minimum absolute atomic E-state index is 0.249. The number of ether oxygens (including phenoxy) is 1. The van der Waals surface area contributed by atoms with E-state index < -0.39 is 6.10 Å². The number of thiophene rings is 1. The van der Waals surface area contributed by atoms with Gasteiger partial charge >= 0.3 is 0 Å². The molecule has 0 fully saturated rings. The van der Waals surface area contributed by atoms with Crippen molar-refractivity contribution in [3.63, 3.8) is 0 Å². The number of pyridine rings is 1. The summed E-state index contributed by atoms with van der Waals surface area (Å²) in [6, 6.07) is 11.2. The second-order valence-electron chi connectivity index (χ2n) is 8.74. The third kappa shape index (κ3) is 4.76. The van der Waals surface area contributed by atoms with Crippen molar-refractivity contribution in [2.24, 2.45) is 0 Å². The lowest BCUT2D eigenvalue weighted by Gasteiger charge is -2.13. The topological polar surface area (TPSA) is 118 Å². The first kappa shape index (κ1) is 23.8. The van der Waals surface area contributed by atoms with Gasteiger partial charge in [0.05, 0.1) is 41.1 Å². The Morgan fingerprint density at radius 2 is 2.08 bits per heavy atom. The van der Waals surface area contributed by atoms with Crippen molar-refractivity contribution in [2.75, 3.05) is 11.9 Å². The van der Waals surface area contributed by atoms with E-state index in [-0.39, 0.29) is 13.2 Å². The molecule has 0 saturated heterocycles. The molecule has 5 aromatic rings. The van der Waals surface area contributed by atoms with Gasteiger partial charge in [0.15, 0.2) is 0 Å². The molecule has 0 saturated carbocycles. The Morgan fingerprint density at radius 1 is 1.16 bits per heavy atom. The van der Waals surface area contributed by atoms with Crippen molar-refractivity contribution in [2.45, 2.75) is 32.1 Å². The first-order chi connectivity index (χ1) is 18.1. The zero-order valence-corrected chi connectivity index (χ0v) is 21.2. The average molecular weight is 535 g/mol. The Labute approximate surface area is 221 Å². The molecule has 188 valence electrons. The highest BCUT2D eigenvalue weighted by atomic mass is 35.5. The molecule has 6 rings (SSSR count). The predicted octanol–water partition coefficient (Wildman–Crippen LogP) is 4.38. The standard InChI is InChI=1S/C26H23ClN6O3S/c27-20-9-15(4-7-22(20)36-13-16-3-1-2-8-28-16)31-25-23-18-5-6-21-19(11-33(32-21)10-17(35)12-34)24(18)37-26(23)30-14-29-25/h1-4,7-9,11,14,17,34-35H,5-6,10,12-13H2,(H,29,30,31). The Bertz CT molecular complexity index is 1570. The number of benzene rings is 1. The van der Waals surface area contributed by atoms with Gasteiger partial charge in [-0.05, 0) is 48.7 Å². The van der Waals surface area contributed by atoms with Crippen molar-refractivity contribution in [3.05, 3.63) is 77.1 Å². The molecule has 0 amide bonds. The number of aliphatic hydroxyl groups is 2. The minimum atomic E-state index is -0.844. The van der Waals surface area contributed by atoms with E-state index in [2.05, 4.69) is 25.4 Å². The monoisotopic (exact) mass is 534 g/mol. The first-order valence-corrected chi connectivity index (χ1v) is 13.0. The van der Waals surface area contributed by atoms with Crippen molar-refractivity contribution in [3.8, 4) is 16.2 Å². The fourth-order valence-electron chi connectivity index (χ4n) is 4.46. The minimum Gasteiger partial charge on any atom is -0.486 e. The van der Waals surface area contributed by atoms with Crippen molar-refractivity contribution < 1.29 is 14.9 Å². The molecule has 9 nitrogen and oxygen atoms in total. The second kappa shape index (κ2) is 10.1. The maximum Gasteiger partial charge on any atom is 0.142 e. The number of nitrogens with one attached hydrogen (secondary N) is 1. The Balaban J connectivity index is 1.27. The number of fused-ring (bicyclic) bond motifs is 5. The molecule has 0 spiro atoms. The quantitative estimate of drug-likeness (QED) is 0.268. The molecular formula is C26H23ClN6O3S. The third-order valence-electron chi connectivity index (χ3n) is 6.19. The van der Waals surface area contributed by atoms with Crippen LogP contribution in [0.1, 0.15) is 17.0 Å². The maximum atomic E-state index is 9.82. The first-order valence-electron chi connectivity index (χ1n) is 11.8. The summed E-state index contributed by atoms with van der Waals surface area (Å²) in [6.07, 6.45) is 5.97. The fraction of sp³-hybridized carbons (Fsp3) is 0.231. The summed E-state index contributed by atoms with van der Waals surface area (Å²) in [6.45, 7) is 0.280. The van der Waals surface area contributed by atoms with Gasteiger partial charge in [0.1, 0.15) is 29.3 Å². The molecule has 37 heavy (non-hydrogen) atoms. The van der Waals surface area contributed by atoms with Crippen LogP contribution in [0.4, 0.5) is 11.5 Å². The lowest BCUT2D eigenvalue weighted by molar-refractivity contribution is 0.0782. The number of rotatable bonds is 8. The highest BCUT2D eigenvalue weighted by molar-refractivity contribution is 7.22. The molecule has 11 heteroatoms. The van der Waals surface area contributed by atoms with Gasteiger partial charge in [0, 0.05) is 28.5 Å². The van der Waals surface area contributed by atoms with E-state index in [1.807, 2.05) is 42.6 Å². The smallest absolute Gasteiger partial charge is 0.142 e. The highest BCUT2D eigenvalue weighted by Gasteiger charge is 2.26. The number of nitrogens with zero attached hydrogens (tertiary/aromatic N) is 5. The second-order valence-corrected chi connectivity index (χ2v) is 10.1. The number of aromatic nitrogens is 5. The molecule has 1 atom stereocenters. The van der Waals surface area contributed by atoms with Crippen molar-refractivity contribution >= 4 is 44.7 Å². The Morgan fingerprint density at radius 3 is 2.89 bits per heavy atom. The molecular weight excluding hydrogens is 512 g/mol. The van der Waals surface area contributed by atoms with Gasteiger partial charge in [-0.1, -0.05) is 17.7 Å². The molecule has 1 aromatic carbocycles. The number of anilines is 2. The van der Waals surface area contributed by atoms with Crippen LogP contribution in [0.25, 0.3) is 20.7 Å². The summed E-state index contributed by atoms with van der Waals surface area (Å²) in [5.74, 6) is 1.29. The number of hydrogen-bond donors (Lipinski definition) is 3. The molecule has 3 N–H and O–H groups in total. The van der Waals surface area contributed by atoms with E-state index in [9.17, 15) is 10.2 Å². The van der Waals surface area contributed by atoms with Crippen molar-refractivity contribution in [1.82, 2.24) is 24.7 Å². The molecule has 0 radical (unpaired) electrons. The van der Waals surface area contributed by atoms with Crippen LogP contribution in [0.15, 0.2) is 55.1 Å². The van der Waals surface area contributed by atoms with E-state index >= 15 is 0 Å². The van der Waals surface area contributed by atoms with E-state index in [4.69, 9.17) is 16.3 Å². The molecule has 1 aliphatic rings. The van der Waals surface area contributed by atoms with Gasteiger partial charge in [0.2, 0.25) is 0 Å². The fourth-order valence-corrected chi connectivity index (χ4v) is 5.91. The molecule has 0 bridgehead atoms. The van der Waals surface area contributed by atoms with Gasteiger partial charge < -0.3 is 20.3 Å². The summed E-state index contributed by atoms with van der Waals surface area (Å²) in [4.78, 5) is 15.3. The summed E-state index contributed by atoms with van der Waals surface area (Å²) in [5.41, 5.74) is 4.82. The van der Waals surface area contributed by atoms with E-state index in [0.29, 0.717) is 23.2 Å². The van der Waals surface area contributed by atoms with Crippen LogP contribution in [0, 0.1) is 0 Å². The van der Waals surface area contributed by atoms with Gasteiger partial charge in [-0.25, -0.2) is 9.97 Å². The van der Waals surface area contributed by atoms with E-state index in [0.717, 1.165) is 50.6 Å². The predicted molar refractivity (Wildman–Crippen MR) is 142 cm³/mol. The molecule has 1 unspecified atom stereocenters. The van der Waals surface area contributed by atoms with Crippen LogP contribution in [0.3, 0.4) is 0 Å². The Kier molecular flexibility index (Phi) is 6.47. The molecule has 4 heterocycles. The number of halogens is 1. The summed E-state index contributed by atoms with van der Waals surface area (Å²) < 4.78 is 7.55. The highest BCUT2D eigenvalue weighted by Crippen LogP contribution is 2.45. The van der Waals surface area contributed by atoms with Crippen LogP contribution in [-0.2, 0) is 26.0 Å². The molecule has 0 aliphatic heterocycles. The summed E-state index contributed by atoms with van der Waals surface area (Å²) >= 11 is 8.13. The molecule has 1 aliphatic carbocycles. The average Bonchev–Trinajstić information content (AvgIpc) is 3.50. The van der Waals surface area contributed by atoms with Crippen LogP contribution >= 0.6 is 22.9 Å². The summed E-state index contributed by atoms with van der Waals surface area (Å²) in [7, 11) is 0. The largest absolute Gasteiger partial charge is 0.486 e. The number of hydrogen-bond acceptors (Lipinski definition) is 9. The van der Waals surface area contributed by atoms with Gasteiger partial charge in [0.25, 0.3) is 0 Å². The lowest BCUT2D eigenvalue weighted by atomic mass is 9.95. The van der Waals surface area contributed by atoms with Crippen LogP contribution in [-0.4, -0.2) is 47.7 Å². The Hall–Kier alpha value is -3.57. The SMILES string of the molecule is OCC(O)Cn1cc2c(n1)CCc1c-2sc2ncnc(Nc3ccc(OCc4ccccn4)c(Cl)c3)c12. The van der Waals surface area contributed by atoms with Crippen molar-refractivity contribution in [1.29, 1.82) is 0 Å². The third-order valence-corrected chi connectivity index (χ3v) is 7.66. The zero-order chi connectivity index (χ0) is 25.4. The normalized spacial score (nSPS) is 13.3.